The maximum Gasteiger partial charge on any atom is 0.258 e. The summed E-state index contributed by atoms with van der Waals surface area (Å²) in [6, 6.07) is 9.87. The lowest BCUT2D eigenvalue weighted by Crippen LogP contribution is -2.55. The number of nitrogens with zero attached hydrogens (tertiary/aromatic N) is 2. The van der Waals surface area contributed by atoms with E-state index in [1.54, 1.807) is 29.6 Å². The molecule has 0 spiro atoms. The number of nitrogens with one attached hydrogen (secondary N) is 3. The second kappa shape index (κ2) is 19.9. The average Bonchev–Trinajstić information content (AvgIpc) is 3.66. The molecule has 4 heterocycles. The first-order valence-electron chi connectivity index (χ1n) is 18.4. The molecule has 3 fully saturated rings. The van der Waals surface area contributed by atoms with Crippen LogP contribution in [0.1, 0.15) is 50.0 Å². The van der Waals surface area contributed by atoms with Gasteiger partial charge in [-0.3, -0.25) is 24.5 Å². The van der Waals surface area contributed by atoms with Crippen LogP contribution in [-0.4, -0.2) is 107 Å². The van der Waals surface area contributed by atoms with E-state index in [1.807, 2.05) is 0 Å². The highest BCUT2D eigenvalue weighted by Crippen LogP contribution is 2.39. The molecule has 3 N–H and O–H groups in total. The van der Waals surface area contributed by atoms with E-state index in [-0.39, 0.29) is 86.4 Å². The van der Waals surface area contributed by atoms with Crippen LogP contribution in [0.4, 0.5) is 19.6 Å². The van der Waals surface area contributed by atoms with Gasteiger partial charge < -0.3 is 39.2 Å². The fourth-order valence-corrected chi connectivity index (χ4v) is 7.69. The molecule has 0 aliphatic carbocycles. The Morgan fingerprint density at radius 2 is 1.62 bits per heavy atom. The van der Waals surface area contributed by atoms with Crippen LogP contribution in [-0.2, 0) is 38.1 Å². The fraction of sp³-hybridized carbons (Fsp3) is 0.500. The van der Waals surface area contributed by atoms with Crippen LogP contribution in [0.3, 0.4) is 0 Å². The van der Waals surface area contributed by atoms with Gasteiger partial charge >= 0.3 is 0 Å². The number of rotatable bonds is 19. The lowest BCUT2D eigenvalue weighted by molar-refractivity contribution is -0.134. The van der Waals surface area contributed by atoms with Crippen LogP contribution in [0, 0.1) is 11.6 Å². The Morgan fingerprint density at radius 3 is 2.35 bits per heavy atom. The van der Waals surface area contributed by atoms with Gasteiger partial charge in [-0.2, -0.15) is 4.39 Å². The summed E-state index contributed by atoms with van der Waals surface area (Å²) in [6.45, 7) is 2.48. The van der Waals surface area contributed by atoms with Crippen LogP contribution in [0.15, 0.2) is 41.8 Å². The van der Waals surface area contributed by atoms with Crippen molar-refractivity contribution in [2.24, 2.45) is 0 Å². The largest absolute Gasteiger partial charge is 0.480 e. The van der Waals surface area contributed by atoms with Gasteiger partial charge in [0.25, 0.3) is 5.91 Å². The number of benzene rings is 2. The summed E-state index contributed by atoms with van der Waals surface area (Å²) >= 11 is 1.43. The van der Waals surface area contributed by atoms with Gasteiger partial charge in [-0.25, -0.2) is 9.37 Å². The van der Waals surface area contributed by atoms with Crippen LogP contribution >= 0.6 is 11.3 Å². The number of aromatic nitrogens is 1. The minimum atomic E-state index is -1.19. The smallest absolute Gasteiger partial charge is 0.258 e. The number of halogens is 2. The van der Waals surface area contributed by atoms with Gasteiger partial charge in [0, 0.05) is 29.6 Å². The van der Waals surface area contributed by atoms with Crippen molar-refractivity contribution < 1.29 is 51.6 Å². The van der Waals surface area contributed by atoms with Gasteiger partial charge in [-0.05, 0) is 55.5 Å². The van der Waals surface area contributed by atoms with E-state index in [0.717, 1.165) is 36.0 Å². The molecule has 6 rings (SSSR count). The monoisotopic (exact) mass is 785 g/mol. The Kier molecular flexibility index (Phi) is 14.5. The van der Waals surface area contributed by atoms with Crippen molar-refractivity contribution in [3.05, 3.63) is 59.0 Å². The van der Waals surface area contributed by atoms with Crippen molar-refractivity contribution >= 4 is 45.8 Å². The predicted molar refractivity (Wildman–Crippen MR) is 198 cm³/mol. The van der Waals surface area contributed by atoms with Crippen molar-refractivity contribution in [2.75, 3.05) is 76.2 Å². The summed E-state index contributed by atoms with van der Waals surface area (Å²) in [6.07, 6.45) is 4.07. The average molecular weight is 786 g/mol. The van der Waals surface area contributed by atoms with Crippen molar-refractivity contribution in [2.45, 2.75) is 56.5 Å². The molecular weight excluding hydrogens is 741 g/mol. The van der Waals surface area contributed by atoms with Crippen LogP contribution < -0.4 is 25.6 Å². The number of piperidine rings is 2. The second-order valence-corrected chi connectivity index (χ2v) is 14.2. The van der Waals surface area contributed by atoms with E-state index in [2.05, 4.69) is 20.9 Å². The van der Waals surface area contributed by atoms with E-state index in [1.165, 1.54) is 17.4 Å². The number of carbonyl (C=O) groups is 4. The standard InChI is InChI=1S/C38H45F2N5O9S/c39-30-10-8-29(31-23-55-38(43-31)45-26-2-1-3-27(45)21-53-20-26)36(35(30)40)54-22-34(48)41-13-15-51-17-19-52-18-16-50-14-12-33(47)42-25-6-4-24(5-7-25)28-9-11-32(46)44-37(28)49/h4-8,10,23,26-28H,1-3,9,11-22H2,(H,41,48)(H,42,47)(H,44,46,49). The molecule has 3 aliphatic rings. The number of morpholine rings is 1. The van der Waals surface area contributed by atoms with Gasteiger partial charge in [0.15, 0.2) is 23.3 Å². The van der Waals surface area contributed by atoms with Gasteiger partial charge in [-0.15, -0.1) is 11.3 Å². The van der Waals surface area contributed by atoms with Gasteiger partial charge in [-0.1, -0.05) is 12.1 Å². The number of amides is 4. The van der Waals surface area contributed by atoms with Crippen LogP contribution in [0.2, 0.25) is 0 Å². The first kappa shape index (κ1) is 40.1. The zero-order valence-electron chi connectivity index (χ0n) is 30.3. The third-order valence-corrected chi connectivity index (χ3v) is 10.3. The van der Waals surface area contributed by atoms with Crippen LogP contribution in [0.25, 0.3) is 11.3 Å². The lowest BCUT2D eigenvalue weighted by atomic mass is 9.90. The van der Waals surface area contributed by atoms with Crippen molar-refractivity contribution in [3.63, 3.8) is 0 Å². The van der Waals surface area contributed by atoms with Gasteiger partial charge in [0.05, 0.1) is 83.0 Å². The Bertz CT molecular complexity index is 1770. The molecule has 3 unspecified atom stereocenters. The minimum absolute atomic E-state index is 0.149. The number of carbonyl (C=O) groups excluding carboxylic acids is 4. The molecule has 3 saturated heterocycles. The molecule has 2 aromatic carbocycles. The Labute approximate surface area is 321 Å². The van der Waals surface area contributed by atoms with Crippen LogP contribution in [0.5, 0.6) is 5.75 Å². The molecule has 0 radical (unpaired) electrons. The third kappa shape index (κ3) is 11.0. The summed E-state index contributed by atoms with van der Waals surface area (Å²) in [5, 5.41) is 10.3. The summed E-state index contributed by atoms with van der Waals surface area (Å²) in [7, 11) is 0. The molecule has 296 valence electrons. The highest BCUT2D eigenvalue weighted by atomic mass is 32.1. The Morgan fingerprint density at radius 1 is 0.909 bits per heavy atom. The normalized spacial score (nSPS) is 19.5. The first-order chi connectivity index (χ1) is 26.8. The SMILES string of the molecule is O=C(COc1c(-c2csc(N3C4CCCC3COC4)n2)ccc(F)c1F)NCCOCCOCCOCCC(=O)Nc1ccc(C2CCC(=O)NC2=O)cc1. The van der Waals surface area contributed by atoms with Crippen molar-refractivity contribution in [3.8, 4) is 17.0 Å². The number of anilines is 2. The van der Waals surface area contributed by atoms with Gasteiger partial charge in [0.2, 0.25) is 23.5 Å². The quantitative estimate of drug-likeness (QED) is 0.119. The maximum absolute atomic E-state index is 14.9. The fourth-order valence-electron chi connectivity index (χ4n) is 6.72. The second-order valence-electron chi connectivity index (χ2n) is 13.3. The van der Waals surface area contributed by atoms with E-state index in [4.69, 9.17) is 28.7 Å². The summed E-state index contributed by atoms with van der Waals surface area (Å²) < 4.78 is 56.8. The zero-order chi connectivity index (χ0) is 38.6. The number of imide groups is 1. The van der Waals surface area contributed by atoms with Gasteiger partial charge in [0.1, 0.15) is 0 Å². The molecule has 3 aliphatic heterocycles. The third-order valence-electron chi connectivity index (χ3n) is 9.49. The number of fused-ring (bicyclic) bond motifs is 2. The highest BCUT2D eigenvalue weighted by Gasteiger charge is 2.36. The zero-order valence-corrected chi connectivity index (χ0v) is 31.1. The Hall–Kier alpha value is -4.55. The molecular formula is C38H45F2N5O9S. The number of thiazole rings is 1. The van der Waals surface area contributed by atoms with E-state index >= 15 is 0 Å². The first-order valence-corrected chi connectivity index (χ1v) is 19.3. The molecule has 3 atom stereocenters. The maximum atomic E-state index is 14.9. The Balaban J connectivity index is 0.801. The molecule has 14 nitrogen and oxygen atoms in total. The van der Waals surface area contributed by atoms with Crippen molar-refractivity contribution in [1.29, 1.82) is 0 Å². The number of hydrogen-bond donors (Lipinski definition) is 3. The molecule has 2 bridgehead atoms. The highest BCUT2D eigenvalue weighted by molar-refractivity contribution is 7.14. The topological polar surface area (TPSA) is 167 Å². The summed E-state index contributed by atoms with van der Waals surface area (Å²) in [4.78, 5) is 55.1. The predicted octanol–water partition coefficient (Wildman–Crippen LogP) is 3.94. The molecule has 1 aromatic heterocycles. The number of ether oxygens (including phenoxy) is 5. The molecule has 55 heavy (non-hydrogen) atoms. The van der Waals surface area contributed by atoms with E-state index in [9.17, 15) is 28.0 Å². The summed E-state index contributed by atoms with van der Waals surface area (Å²) in [5.41, 5.74) is 2.09. The van der Waals surface area contributed by atoms with Crippen molar-refractivity contribution in [1.82, 2.24) is 15.6 Å². The molecule has 3 aromatic rings. The van der Waals surface area contributed by atoms with E-state index in [0.29, 0.717) is 50.7 Å². The molecule has 0 saturated carbocycles. The minimum Gasteiger partial charge on any atom is -0.480 e. The number of hydrogen-bond acceptors (Lipinski definition) is 12. The molecule has 17 heteroatoms. The lowest BCUT2D eigenvalue weighted by Gasteiger charge is -2.45. The summed E-state index contributed by atoms with van der Waals surface area (Å²) in [5.74, 6) is -4.34. The van der Waals surface area contributed by atoms with E-state index < -0.39 is 24.1 Å². The molecule has 4 amide bonds.